The van der Waals surface area contributed by atoms with E-state index in [2.05, 4.69) is 5.32 Å². The lowest BCUT2D eigenvalue weighted by Crippen LogP contribution is -2.20. The fourth-order valence-corrected chi connectivity index (χ4v) is 3.82. The lowest BCUT2D eigenvalue weighted by atomic mass is 10.2. The summed E-state index contributed by atoms with van der Waals surface area (Å²) in [7, 11) is 3.11. The number of ether oxygens (including phenoxy) is 2. The molecule has 7 nitrogen and oxygen atoms in total. The molecule has 0 aliphatic rings. The largest absolute Gasteiger partial charge is 0.497 e. The Morgan fingerprint density at radius 3 is 2.48 bits per heavy atom. The number of amides is 1. The van der Waals surface area contributed by atoms with E-state index in [1.807, 2.05) is 66.1 Å². The summed E-state index contributed by atoms with van der Waals surface area (Å²) in [6.45, 7) is 1.96. The molecule has 1 aromatic heterocycles. The van der Waals surface area contributed by atoms with Gasteiger partial charge in [-0.3, -0.25) is 9.36 Å². The van der Waals surface area contributed by atoms with Crippen molar-refractivity contribution >= 4 is 23.8 Å². The number of aryl methyl sites for hydroxylation is 1. The van der Waals surface area contributed by atoms with Crippen LogP contribution in [0.15, 0.2) is 72.8 Å². The van der Waals surface area contributed by atoms with E-state index < -0.39 is 0 Å². The number of nitrogens with one attached hydrogen (secondary N) is 1. The van der Waals surface area contributed by atoms with Gasteiger partial charge in [-0.2, -0.15) is 5.10 Å². The molecule has 8 heteroatoms. The molecule has 4 aromatic rings. The topological polar surface area (TPSA) is 70.3 Å². The Hall–Kier alpha value is -3.91. The second-order valence-electron chi connectivity index (χ2n) is 7.42. The molecule has 168 valence electrons. The predicted octanol–water partition coefficient (Wildman–Crippen LogP) is 5.03. The number of rotatable bonds is 7. The summed E-state index contributed by atoms with van der Waals surface area (Å²) in [6, 6.07) is 23.0. The number of carbonyl (C=O) groups excluding carboxylic acids is 1. The molecule has 1 heterocycles. The van der Waals surface area contributed by atoms with Gasteiger partial charge in [0.15, 0.2) is 5.82 Å². The smallest absolute Gasteiger partial charge is 0.246 e. The first-order valence-electron chi connectivity index (χ1n) is 10.3. The van der Waals surface area contributed by atoms with Crippen LogP contribution in [0.1, 0.15) is 5.56 Å². The summed E-state index contributed by atoms with van der Waals surface area (Å²) in [5, 5.41) is 7.57. The van der Waals surface area contributed by atoms with Crippen molar-refractivity contribution < 1.29 is 14.3 Å². The van der Waals surface area contributed by atoms with Gasteiger partial charge in [-0.05, 0) is 49.0 Å². The van der Waals surface area contributed by atoms with Gasteiger partial charge in [0.1, 0.15) is 18.0 Å². The first-order chi connectivity index (χ1) is 16.0. The maximum Gasteiger partial charge on any atom is 0.246 e. The summed E-state index contributed by atoms with van der Waals surface area (Å²) in [4.78, 5) is 12.9. The van der Waals surface area contributed by atoms with E-state index in [-0.39, 0.29) is 12.5 Å². The average molecular weight is 461 g/mol. The number of benzene rings is 3. The molecule has 0 saturated carbocycles. The van der Waals surface area contributed by atoms with Gasteiger partial charge in [-0.15, -0.1) is 0 Å². The molecular formula is C25H24N4O3S. The van der Waals surface area contributed by atoms with Gasteiger partial charge < -0.3 is 14.8 Å². The molecule has 0 unspecified atom stereocenters. The standard InChI is InChI=1S/C25H24N4O3S/c1-17-8-7-11-19(14-17)29-24(18-9-5-4-6-10-18)27-28(25(29)33)16-23(30)26-21-15-20(31-2)12-13-22(21)32-3/h4-15H,16H2,1-3H3,(H,26,30). The normalized spacial score (nSPS) is 10.6. The summed E-state index contributed by atoms with van der Waals surface area (Å²) >= 11 is 5.75. The van der Waals surface area contributed by atoms with Gasteiger partial charge in [0.05, 0.1) is 25.6 Å². The third kappa shape index (κ3) is 4.80. The average Bonchev–Trinajstić information content (AvgIpc) is 3.15. The van der Waals surface area contributed by atoms with Crippen LogP contribution in [0.4, 0.5) is 5.69 Å². The SMILES string of the molecule is COc1ccc(OC)c(NC(=O)Cn2nc(-c3ccccc3)n(-c3cccc(C)c3)c2=S)c1. The fraction of sp³-hybridized carbons (Fsp3) is 0.160. The highest BCUT2D eigenvalue weighted by Crippen LogP contribution is 2.29. The predicted molar refractivity (Wildman–Crippen MR) is 131 cm³/mol. The van der Waals surface area contributed by atoms with Crippen molar-refractivity contribution in [3.63, 3.8) is 0 Å². The van der Waals surface area contributed by atoms with Crippen LogP contribution in [-0.4, -0.2) is 34.5 Å². The highest BCUT2D eigenvalue weighted by molar-refractivity contribution is 7.71. The van der Waals surface area contributed by atoms with Crippen LogP contribution in [0.3, 0.4) is 0 Å². The molecule has 0 spiro atoms. The molecule has 0 radical (unpaired) electrons. The summed E-state index contributed by atoms with van der Waals surface area (Å²) in [5.41, 5.74) is 3.40. The van der Waals surface area contributed by atoms with Crippen LogP contribution < -0.4 is 14.8 Å². The minimum absolute atomic E-state index is 0.0577. The number of methoxy groups -OCH3 is 2. The zero-order valence-electron chi connectivity index (χ0n) is 18.6. The monoisotopic (exact) mass is 460 g/mol. The van der Waals surface area contributed by atoms with E-state index in [9.17, 15) is 4.79 Å². The van der Waals surface area contributed by atoms with E-state index in [4.69, 9.17) is 26.8 Å². The minimum Gasteiger partial charge on any atom is -0.497 e. The number of nitrogens with zero attached hydrogens (tertiary/aromatic N) is 3. The van der Waals surface area contributed by atoms with Gasteiger partial charge >= 0.3 is 0 Å². The molecule has 0 atom stereocenters. The van der Waals surface area contributed by atoms with Crippen LogP contribution in [-0.2, 0) is 11.3 Å². The maximum absolute atomic E-state index is 12.9. The van der Waals surface area contributed by atoms with Crippen LogP contribution in [0, 0.1) is 11.7 Å². The van der Waals surface area contributed by atoms with Gasteiger partial charge in [0, 0.05) is 11.6 Å². The number of hydrogen-bond acceptors (Lipinski definition) is 5. The molecule has 0 aliphatic carbocycles. The van der Waals surface area contributed by atoms with Crippen LogP contribution >= 0.6 is 12.2 Å². The molecule has 1 N–H and O–H groups in total. The lowest BCUT2D eigenvalue weighted by molar-refractivity contribution is -0.116. The van der Waals surface area contributed by atoms with Crippen LogP contribution in [0.5, 0.6) is 11.5 Å². The Kier molecular flexibility index (Phi) is 6.55. The minimum atomic E-state index is -0.286. The van der Waals surface area contributed by atoms with E-state index >= 15 is 0 Å². The quantitative estimate of drug-likeness (QED) is 0.392. The molecule has 0 aliphatic heterocycles. The van der Waals surface area contributed by atoms with E-state index in [0.717, 1.165) is 16.8 Å². The van der Waals surface area contributed by atoms with E-state index in [1.54, 1.807) is 32.4 Å². The maximum atomic E-state index is 12.9. The van der Waals surface area contributed by atoms with Crippen molar-refractivity contribution in [3.05, 3.63) is 83.1 Å². The van der Waals surface area contributed by atoms with Crippen molar-refractivity contribution in [2.45, 2.75) is 13.5 Å². The van der Waals surface area contributed by atoms with Crippen molar-refractivity contribution in [3.8, 4) is 28.6 Å². The van der Waals surface area contributed by atoms with Crippen molar-refractivity contribution in [1.29, 1.82) is 0 Å². The third-order valence-electron chi connectivity index (χ3n) is 5.11. The Balaban J connectivity index is 1.71. The van der Waals surface area contributed by atoms with Crippen LogP contribution in [0.25, 0.3) is 17.1 Å². The molecule has 0 saturated heterocycles. The summed E-state index contributed by atoms with van der Waals surface area (Å²) < 4.78 is 14.4. The Morgan fingerprint density at radius 2 is 1.79 bits per heavy atom. The van der Waals surface area contributed by atoms with Crippen LogP contribution in [0.2, 0.25) is 0 Å². The van der Waals surface area contributed by atoms with Gasteiger partial charge in [-0.1, -0.05) is 42.5 Å². The van der Waals surface area contributed by atoms with Crippen molar-refractivity contribution in [1.82, 2.24) is 14.3 Å². The zero-order valence-corrected chi connectivity index (χ0v) is 19.4. The van der Waals surface area contributed by atoms with Crippen molar-refractivity contribution in [2.75, 3.05) is 19.5 Å². The fourth-order valence-electron chi connectivity index (χ4n) is 3.52. The molecule has 3 aromatic carbocycles. The molecule has 0 bridgehead atoms. The van der Waals surface area contributed by atoms with Gasteiger partial charge in [0.25, 0.3) is 0 Å². The van der Waals surface area contributed by atoms with Gasteiger partial charge in [0.2, 0.25) is 10.7 Å². The third-order valence-corrected chi connectivity index (χ3v) is 5.50. The van der Waals surface area contributed by atoms with Gasteiger partial charge in [-0.25, -0.2) is 4.68 Å². The summed E-state index contributed by atoms with van der Waals surface area (Å²) in [6.07, 6.45) is 0. The second kappa shape index (κ2) is 9.70. The molecule has 33 heavy (non-hydrogen) atoms. The number of aromatic nitrogens is 3. The number of anilines is 1. The molecular weight excluding hydrogens is 436 g/mol. The molecule has 4 rings (SSSR count). The zero-order chi connectivity index (χ0) is 23.4. The highest BCUT2D eigenvalue weighted by Gasteiger charge is 2.17. The Morgan fingerprint density at radius 1 is 1.00 bits per heavy atom. The van der Waals surface area contributed by atoms with E-state index in [1.165, 1.54) is 4.68 Å². The molecule has 0 fully saturated rings. The Bertz CT molecular complexity index is 1350. The summed E-state index contributed by atoms with van der Waals surface area (Å²) in [5.74, 6) is 1.52. The lowest BCUT2D eigenvalue weighted by Gasteiger charge is -2.11. The van der Waals surface area contributed by atoms with E-state index in [0.29, 0.717) is 27.8 Å². The Labute approximate surface area is 197 Å². The second-order valence-corrected chi connectivity index (χ2v) is 7.78. The number of carbonyl (C=O) groups is 1. The van der Waals surface area contributed by atoms with Crippen molar-refractivity contribution in [2.24, 2.45) is 0 Å². The molecule has 1 amide bonds. The first kappa shape index (κ1) is 22.3. The first-order valence-corrected chi connectivity index (χ1v) is 10.7. The number of hydrogen-bond donors (Lipinski definition) is 1. The highest BCUT2D eigenvalue weighted by atomic mass is 32.1.